The van der Waals surface area contributed by atoms with Crippen LogP contribution in [0.1, 0.15) is 75.7 Å². The van der Waals surface area contributed by atoms with Gasteiger partial charge in [-0.25, -0.2) is 8.42 Å². The quantitative estimate of drug-likeness (QED) is 0.648. The number of ether oxygens (including phenoxy) is 2. The Balaban J connectivity index is 1.03. The molecule has 0 amide bonds. The number of rotatable bonds is 4. The zero-order valence-electron chi connectivity index (χ0n) is 20.4. The third-order valence-corrected chi connectivity index (χ3v) is 11.7. The summed E-state index contributed by atoms with van der Waals surface area (Å²) in [5.41, 5.74) is 3.99. The summed E-state index contributed by atoms with van der Waals surface area (Å²) < 4.78 is 37.6. The maximum atomic E-state index is 11.8. The van der Waals surface area contributed by atoms with Gasteiger partial charge >= 0.3 is 0 Å². The molecule has 0 unspecified atom stereocenters. The lowest BCUT2D eigenvalue weighted by Crippen LogP contribution is -2.50. The van der Waals surface area contributed by atoms with Crippen LogP contribution in [-0.2, 0) is 19.3 Å². The molecule has 4 atom stereocenters. The zero-order valence-corrected chi connectivity index (χ0v) is 21.2. The second-order valence-corrected chi connectivity index (χ2v) is 14.3. The Morgan fingerprint density at radius 3 is 2.47 bits per heavy atom. The largest absolute Gasteiger partial charge is 0.347 e. The molecule has 34 heavy (non-hydrogen) atoms. The van der Waals surface area contributed by atoms with Crippen LogP contribution in [0.3, 0.4) is 0 Å². The fraction of sp³-hybridized carbons (Fsp3) is 0.808. The summed E-state index contributed by atoms with van der Waals surface area (Å²) in [6.07, 6.45) is 8.57. The molecular weight excluding hydrogens is 450 g/mol. The minimum absolute atomic E-state index is 0.0804. The van der Waals surface area contributed by atoms with Crippen LogP contribution in [0.2, 0.25) is 0 Å². The molecule has 2 spiro atoms. The van der Waals surface area contributed by atoms with Crippen LogP contribution in [-0.4, -0.2) is 72.7 Å². The highest BCUT2D eigenvalue weighted by Gasteiger charge is 2.61. The van der Waals surface area contributed by atoms with Gasteiger partial charge in [-0.2, -0.15) is 5.10 Å². The number of likely N-dealkylation sites (tertiary alicyclic amines) is 1. The van der Waals surface area contributed by atoms with Gasteiger partial charge in [0.1, 0.15) is 0 Å². The summed E-state index contributed by atoms with van der Waals surface area (Å²) in [5, 5.41) is 5.08. The molecule has 0 radical (unpaired) electrons. The van der Waals surface area contributed by atoms with E-state index in [0.29, 0.717) is 42.7 Å². The number of sulfone groups is 1. The van der Waals surface area contributed by atoms with Gasteiger partial charge in [0.15, 0.2) is 15.6 Å². The van der Waals surface area contributed by atoms with E-state index in [0.717, 1.165) is 56.3 Å². The molecule has 7 nitrogen and oxygen atoms in total. The van der Waals surface area contributed by atoms with E-state index in [4.69, 9.17) is 14.6 Å². The molecule has 6 aliphatic rings. The Morgan fingerprint density at radius 2 is 1.85 bits per heavy atom. The molecule has 5 fully saturated rings. The SMILES string of the molecule is CC(C)n1nc(C2=CCC3(CC2)OCCO3)cc1[C@H]1[C@@H]2C[C@@H](N3CCC4(C3)CS(=O)(=O)C4)C[C@@H]21. The Hall–Kier alpha value is -1.22. The Morgan fingerprint density at radius 1 is 1.12 bits per heavy atom. The first-order chi connectivity index (χ1) is 16.3. The van der Waals surface area contributed by atoms with E-state index < -0.39 is 9.84 Å². The van der Waals surface area contributed by atoms with Crippen LogP contribution in [0.15, 0.2) is 12.1 Å². The van der Waals surface area contributed by atoms with Crippen molar-refractivity contribution < 1.29 is 17.9 Å². The second kappa shape index (κ2) is 7.40. The van der Waals surface area contributed by atoms with Crippen LogP contribution in [0, 0.1) is 17.3 Å². The molecule has 7 rings (SSSR count). The maximum Gasteiger partial charge on any atom is 0.172 e. The molecule has 186 valence electrons. The van der Waals surface area contributed by atoms with Crippen molar-refractivity contribution in [1.29, 1.82) is 0 Å². The molecule has 8 heteroatoms. The van der Waals surface area contributed by atoms with E-state index in [1.54, 1.807) is 0 Å². The van der Waals surface area contributed by atoms with Gasteiger partial charge in [0.05, 0.1) is 30.4 Å². The van der Waals surface area contributed by atoms with Crippen molar-refractivity contribution in [2.75, 3.05) is 37.8 Å². The lowest BCUT2D eigenvalue weighted by molar-refractivity contribution is -0.159. The van der Waals surface area contributed by atoms with Crippen molar-refractivity contribution in [2.45, 2.75) is 76.2 Å². The van der Waals surface area contributed by atoms with E-state index in [-0.39, 0.29) is 11.2 Å². The topological polar surface area (TPSA) is 73.7 Å². The summed E-state index contributed by atoms with van der Waals surface area (Å²) in [6.45, 7) is 7.97. The van der Waals surface area contributed by atoms with Gasteiger partial charge in [-0.05, 0) is 69.6 Å². The Labute approximate surface area is 202 Å². The summed E-state index contributed by atoms with van der Waals surface area (Å²) in [7, 11) is -2.75. The van der Waals surface area contributed by atoms with Crippen LogP contribution >= 0.6 is 0 Å². The van der Waals surface area contributed by atoms with E-state index in [9.17, 15) is 8.42 Å². The molecule has 0 aromatic carbocycles. The van der Waals surface area contributed by atoms with Crippen molar-refractivity contribution in [3.8, 4) is 0 Å². The third-order valence-electron chi connectivity index (χ3n) is 9.63. The number of fused-ring (bicyclic) bond motifs is 1. The fourth-order valence-corrected chi connectivity index (χ4v) is 10.2. The maximum absolute atomic E-state index is 11.8. The molecule has 4 heterocycles. The van der Waals surface area contributed by atoms with Crippen LogP contribution in [0.4, 0.5) is 0 Å². The van der Waals surface area contributed by atoms with Crippen molar-refractivity contribution in [3.63, 3.8) is 0 Å². The first-order valence-electron chi connectivity index (χ1n) is 13.3. The predicted molar refractivity (Wildman–Crippen MR) is 129 cm³/mol. The predicted octanol–water partition coefficient (Wildman–Crippen LogP) is 3.39. The summed E-state index contributed by atoms with van der Waals surface area (Å²) in [5.74, 6) is 2.62. The minimum Gasteiger partial charge on any atom is -0.347 e. The summed E-state index contributed by atoms with van der Waals surface area (Å²) in [6, 6.07) is 3.38. The Kier molecular flexibility index (Phi) is 4.79. The number of hydrogen-bond acceptors (Lipinski definition) is 6. The van der Waals surface area contributed by atoms with Crippen LogP contribution in [0.25, 0.3) is 5.57 Å². The van der Waals surface area contributed by atoms with Gasteiger partial charge in [-0.3, -0.25) is 9.58 Å². The molecule has 0 bridgehead atoms. The molecule has 3 aliphatic carbocycles. The average molecular weight is 488 g/mol. The lowest BCUT2D eigenvalue weighted by atomic mass is 9.91. The van der Waals surface area contributed by atoms with E-state index in [1.165, 1.54) is 24.1 Å². The highest BCUT2D eigenvalue weighted by Crippen LogP contribution is 2.64. The van der Waals surface area contributed by atoms with Gasteiger partial charge in [0.2, 0.25) is 0 Å². The Bertz CT molecular complexity index is 1110. The van der Waals surface area contributed by atoms with E-state index >= 15 is 0 Å². The highest BCUT2D eigenvalue weighted by atomic mass is 32.2. The van der Waals surface area contributed by atoms with Crippen LogP contribution in [0.5, 0.6) is 0 Å². The van der Waals surface area contributed by atoms with Gasteiger partial charge in [0.25, 0.3) is 0 Å². The molecule has 1 aromatic heterocycles. The number of aromatic nitrogens is 2. The number of hydrogen-bond donors (Lipinski definition) is 0. The zero-order chi connectivity index (χ0) is 23.3. The van der Waals surface area contributed by atoms with E-state index in [2.05, 4.69) is 35.6 Å². The number of nitrogens with zero attached hydrogens (tertiary/aromatic N) is 3. The standard InChI is InChI=1S/C26H37N3O4S/c1-17(2)29-23(13-22(27-29)18-3-5-26(6-4-18)32-9-10-33-26)24-20-11-19(12-21(20)24)28-8-7-25(14-28)15-34(30,31)16-25/h3,13,17,19-21,24H,4-12,14-16H2,1-2H3/t19-,20-,21+,24+. The minimum atomic E-state index is -2.75. The number of allylic oxidation sites excluding steroid dienone is 1. The summed E-state index contributed by atoms with van der Waals surface area (Å²) in [4.78, 5) is 2.62. The molecular formula is C26H37N3O4S. The first-order valence-corrected chi connectivity index (χ1v) is 15.1. The third kappa shape index (κ3) is 3.46. The van der Waals surface area contributed by atoms with Gasteiger partial charge in [0, 0.05) is 48.5 Å². The molecule has 2 saturated carbocycles. The first kappa shape index (κ1) is 22.0. The second-order valence-electron chi connectivity index (χ2n) is 12.3. The van der Waals surface area contributed by atoms with E-state index in [1.807, 2.05) is 0 Å². The van der Waals surface area contributed by atoms with Gasteiger partial charge < -0.3 is 9.47 Å². The monoisotopic (exact) mass is 487 g/mol. The molecule has 1 aromatic rings. The average Bonchev–Trinajstić information content (AvgIpc) is 3.35. The molecule has 3 saturated heterocycles. The highest BCUT2D eigenvalue weighted by molar-refractivity contribution is 7.92. The fourth-order valence-electron chi connectivity index (χ4n) is 7.99. The molecule has 3 aliphatic heterocycles. The van der Waals surface area contributed by atoms with Crippen molar-refractivity contribution in [3.05, 3.63) is 23.5 Å². The normalized spacial score (nSPS) is 37.3. The van der Waals surface area contributed by atoms with Gasteiger partial charge in [-0.15, -0.1) is 0 Å². The van der Waals surface area contributed by atoms with Crippen molar-refractivity contribution in [2.24, 2.45) is 17.3 Å². The van der Waals surface area contributed by atoms with Crippen molar-refractivity contribution in [1.82, 2.24) is 14.7 Å². The smallest absolute Gasteiger partial charge is 0.172 e. The van der Waals surface area contributed by atoms with Crippen LogP contribution < -0.4 is 0 Å². The molecule has 0 N–H and O–H groups in total. The lowest BCUT2D eigenvalue weighted by Gasteiger charge is -2.38. The van der Waals surface area contributed by atoms with Crippen molar-refractivity contribution >= 4 is 15.4 Å². The summed E-state index contributed by atoms with van der Waals surface area (Å²) >= 11 is 0. The van der Waals surface area contributed by atoms with Gasteiger partial charge in [-0.1, -0.05) is 6.08 Å².